The molecule has 2 aliphatic carbocycles. The molecule has 2 N–H and O–H groups in total. The van der Waals surface area contributed by atoms with Crippen LogP contribution in [0.15, 0.2) is 0 Å². The van der Waals surface area contributed by atoms with Crippen molar-refractivity contribution >= 4 is 29.7 Å². The number of imide groups is 2. The molecule has 154 valence electrons. The van der Waals surface area contributed by atoms with Crippen LogP contribution in [0.3, 0.4) is 0 Å². The third-order valence-corrected chi connectivity index (χ3v) is 5.78. The molecule has 1 aliphatic heterocycles. The minimum absolute atomic E-state index is 0.0554. The molecular weight excluding hydrogens is 366 g/mol. The molecule has 0 aromatic heterocycles. The Kier molecular flexibility index (Phi) is 6.64. The second kappa shape index (κ2) is 9.16. The first-order chi connectivity index (χ1) is 13.5. The maximum Gasteiger partial charge on any atom is 0.326 e. The second-order valence-electron chi connectivity index (χ2n) is 7.78. The number of hydrogen-bond donors (Lipinski definition) is 2. The highest BCUT2D eigenvalue weighted by Crippen LogP contribution is 2.37. The van der Waals surface area contributed by atoms with Crippen molar-refractivity contribution in [1.82, 2.24) is 15.5 Å². The van der Waals surface area contributed by atoms with Gasteiger partial charge >= 0.3 is 12.0 Å². The lowest BCUT2D eigenvalue weighted by Gasteiger charge is -2.22. The van der Waals surface area contributed by atoms with E-state index in [9.17, 15) is 24.0 Å². The summed E-state index contributed by atoms with van der Waals surface area (Å²) in [4.78, 5) is 61.1. The van der Waals surface area contributed by atoms with Crippen LogP contribution in [0.2, 0.25) is 0 Å². The smallest absolute Gasteiger partial charge is 0.326 e. The number of nitrogens with zero attached hydrogens (tertiary/aromatic N) is 1. The molecule has 1 heterocycles. The number of rotatable bonds is 5. The van der Waals surface area contributed by atoms with Crippen molar-refractivity contribution in [2.75, 3.05) is 13.2 Å². The minimum Gasteiger partial charge on any atom is -0.454 e. The van der Waals surface area contributed by atoms with Gasteiger partial charge in [0.05, 0.1) is 11.8 Å². The number of carbonyl (C=O) groups is 5. The highest BCUT2D eigenvalue weighted by Gasteiger charge is 2.48. The van der Waals surface area contributed by atoms with Gasteiger partial charge in [0.25, 0.3) is 5.91 Å². The van der Waals surface area contributed by atoms with Crippen LogP contribution in [-0.2, 0) is 23.9 Å². The summed E-state index contributed by atoms with van der Waals surface area (Å²) >= 11 is 0. The largest absolute Gasteiger partial charge is 0.454 e. The maximum absolute atomic E-state index is 12.3. The van der Waals surface area contributed by atoms with Crippen LogP contribution in [0, 0.1) is 11.8 Å². The normalized spacial score (nSPS) is 25.2. The van der Waals surface area contributed by atoms with Gasteiger partial charge in [-0.25, -0.2) is 4.79 Å². The van der Waals surface area contributed by atoms with Crippen molar-refractivity contribution < 1.29 is 28.7 Å². The third-order valence-electron chi connectivity index (χ3n) is 5.78. The number of carbonyl (C=O) groups excluding carboxylic acids is 5. The molecule has 1 saturated heterocycles. The van der Waals surface area contributed by atoms with Gasteiger partial charge in [0.15, 0.2) is 6.61 Å². The molecule has 9 nitrogen and oxygen atoms in total. The Labute approximate surface area is 163 Å². The number of esters is 1. The van der Waals surface area contributed by atoms with Crippen molar-refractivity contribution in [2.45, 2.75) is 63.8 Å². The SMILES string of the molecule is O=C(COC(=O)CN1C(=O)[C@@H]2CCCC[C@H]2C1=O)NC(=O)NC1CCCCC1. The number of nitrogens with one attached hydrogen (secondary N) is 2. The topological polar surface area (TPSA) is 122 Å². The Bertz CT molecular complexity index is 634. The number of ether oxygens (including phenoxy) is 1. The van der Waals surface area contributed by atoms with Crippen LogP contribution in [0.4, 0.5) is 4.79 Å². The van der Waals surface area contributed by atoms with E-state index >= 15 is 0 Å². The summed E-state index contributed by atoms with van der Waals surface area (Å²) in [6, 6.07) is -0.554. The summed E-state index contributed by atoms with van der Waals surface area (Å²) in [5.41, 5.74) is 0. The van der Waals surface area contributed by atoms with Crippen LogP contribution in [0.5, 0.6) is 0 Å². The molecule has 3 rings (SSSR count). The van der Waals surface area contributed by atoms with Crippen LogP contribution in [0.1, 0.15) is 57.8 Å². The van der Waals surface area contributed by atoms with Gasteiger partial charge < -0.3 is 10.1 Å². The van der Waals surface area contributed by atoms with Crippen LogP contribution >= 0.6 is 0 Å². The number of hydrogen-bond acceptors (Lipinski definition) is 6. The molecule has 3 fully saturated rings. The highest BCUT2D eigenvalue weighted by molar-refractivity contribution is 6.07. The van der Waals surface area contributed by atoms with Crippen molar-refractivity contribution in [2.24, 2.45) is 11.8 Å². The van der Waals surface area contributed by atoms with Crippen molar-refractivity contribution in [3.05, 3.63) is 0 Å². The second-order valence-corrected chi connectivity index (χ2v) is 7.78. The molecule has 5 amide bonds. The van der Waals surface area contributed by atoms with Gasteiger partial charge in [0.2, 0.25) is 11.8 Å². The molecule has 2 saturated carbocycles. The molecule has 0 radical (unpaired) electrons. The highest BCUT2D eigenvalue weighted by atomic mass is 16.5. The number of amides is 5. The van der Waals surface area contributed by atoms with Crippen LogP contribution < -0.4 is 10.6 Å². The zero-order valence-corrected chi connectivity index (χ0v) is 15.9. The van der Waals surface area contributed by atoms with Gasteiger partial charge in [-0.15, -0.1) is 0 Å². The average molecular weight is 393 g/mol. The summed E-state index contributed by atoms with van der Waals surface area (Å²) in [6.07, 6.45) is 8.16. The average Bonchev–Trinajstić information content (AvgIpc) is 2.92. The number of fused-ring (bicyclic) bond motifs is 1. The first kappa shape index (κ1) is 20.3. The van der Waals surface area contributed by atoms with Gasteiger partial charge in [-0.1, -0.05) is 32.1 Å². The lowest BCUT2D eigenvalue weighted by atomic mass is 9.81. The lowest BCUT2D eigenvalue weighted by molar-refractivity contribution is -0.154. The Morgan fingerprint density at radius 2 is 1.46 bits per heavy atom. The van der Waals surface area contributed by atoms with Gasteiger partial charge in [-0.05, 0) is 25.7 Å². The minimum atomic E-state index is -0.844. The van der Waals surface area contributed by atoms with Crippen molar-refractivity contribution in [3.63, 3.8) is 0 Å². The van der Waals surface area contributed by atoms with E-state index in [0.717, 1.165) is 49.8 Å². The molecule has 9 heteroatoms. The van der Waals surface area contributed by atoms with E-state index in [1.54, 1.807) is 0 Å². The fraction of sp³-hybridized carbons (Fsp3) is 0.737. The van der Waals surface area contributed by atoms with E-state index in [-0.39, 0.29) is 29.7 Å². The zero-order chi connectivity index (χ0) is 20.1. The monoisotopic (exact) mass is 393 g/mol. The third kappa shape index (κ3) is 4.88. The fourth-order valence-corrected chi connectivity index (χ4v) is 4.34. The zero-order valence-electron chi connectivity index (χ0n) is 15.9. The number of urea groups is 1. The van der Waals surface area contributed by atoms with E-state index in [2.05, 4.69) is 10.6 Å². The summed E-state index contributed by atoms with van der Waals surface area (Å²) in [7, 11) is 0. The summed E-state index contributed by atoms with van der Waals surface area (Å²) in [5, 5.41) is 4.85. The van der Waals surface area contributed by atoms with Gasteiger partial charge in [0.1, 0.15) is 6.54 Å². The first-order valence-corrected chi connectivity index (χ1v) is 10.1. The quantitative estimate of drug-likeness (QED) is 0.528. The maximum atomic E-state index is 12.3. The molecule has 0 aromatic rings. The van der Waals surface area contributed by atoms with E-state index in [4.69, 9.17) is 4.74 Å². The Hall–Kier alpha value is -2.45. The molecule has 0 bridgehead atoms. The molecule has 0 unspecified atom stereocenters. The molecule has 0 aromatic carbocycles. The molecule has 3 aliphatic rings. The fourth-order valence-electron chi connectivity index (χ4n) is 4.34. The van der Waals surface area contributed by atoms with Gasteiger partial charge in [0, 0.05) is 6.04 Å². The van der Waals surface area contributed by atoms with E-state index in [1.807, 2.05) is 0 Å². The molecule has 2 atom stereocenters. The summed E-state index contributed by atoms with van der Waals surface area (Å²) in [5.74, 6) is -2.93. The first-order valence-electron chi connectivity index (χ1n) is 10.1. The lowest BCUT2D eigenvalue weighted by Crippen LogP contribution is -2.46. The van der Waals surface area contributed by atoms with Crippen LogP contribution in [-0.4, -0.2) is 53.8 Å². The van der Waals surface area contributed by atoms with E-state index in [1.165, 1.54) is 0 Å². The molecule has 28 heavy (non-hydrogen) atoms. The van der Waals surface area contributed by atoms with Crippen molar-refractivity contribution in [1.29, 1.82) is 0 Å². The van der Waals surface area contributed by atoms with E-state index < -0.39 is 31.1 Å². The Morgan fingerprint density at radius 1 is 0.893 bits per heavy atom. The predicted octanol–water partition coefficient (Wildman–Crippen LogP) is 0.863. The Morgan fingerprint density at radius 3 is 2.07 bits per heavy atom. The van der Waals surface area contributed by atoms with E-state index in [0.29, 0.717) is 12.8 Å². The van der Waals surface area contributed by atoms with Crippen LogP contribution in [0.25, 0.3) is 0 Å². The van der Waals surface area contributed by atoms with Gasteiger partial charge in [-0.2, -0.15) is 0 Å². The van der Waals surface area contributed by atoms with Crippen molar-refractivity contribution in [3.8, 4) is 0 Å². The number of likely N-dealkylation sites (tertiary alicyclic amines) is 1. The van der Waals surface area contributed by atoms with Gasteiger partial charge in [-0.3, -0.25) is 29.4 Å². The standard InChI is InChI=1S/C19H27N3O6/c23-15(21-19(27)20-12-6-2-1-3-7-12)11-28-16(24)10-22-17(25)13-8-4-5-9-14(13)18(22)26/h12-14H,1-11H2,(H2,20,21,23,27)/t13-,14-/m1/s1. The summed E-state index contributed by atoms with van der Waals surface area (Å²) < 4.78 is 4.83. The predicted molar refractivity (Wildman–Crippen MR) is 96.7 cm³/mol. The summed E-state index contributed by atoms with van der Waals surface area (Å²) in [6.45, 7) is -1.13. The molecule has 0 spiro atoms. The Balaban J connectivity index is 1.39. The molecular formula is C19H27N3O6.